The number of hydrogen-bond donors (Lipinski definition) is 0. The molecule has 1 aliphatic heterocycles. The van der Waals surface area contributed by atoms with E-state index in [9.17, 15) is 9.18 Å². The van der Waals surface area contributed by atoms with Gasteiger partial charge in [0.1, 0.15) is 5.82 Å². The maximum atomic E-state index is 13.3. The van der Waals surface area contributed by atoms with E-state index in [1.54, 1.807) is 12.1 Å². The van der Waals surface area contributed by atoms with Crippen LogP contribution >= 0.6 is 0 Å². The van der Waals surface area contributed by atoms with Crippen molar-refractivity contribution in [1.29, 1.82) is 0 Å². The van der Waals surface area contributed by atoms with Gasteiger partial charge in [-0.15, -0.1) is 0 Å². The molecule has 0 unspecified atom stereocenters. The minimum absolute atomic E-state index is 0.0177. The van der Waals surface area contributed by atoms with Gasteiger partial charge in [-0.05, 0) is 68.0 Å². The van der Waals surface area contributed by atoms with Gasteiger partial charge in [0.05, 0.1) is 0 Å². The fourth-order valence-corrected chi connectivity index (χ4v) is 4.71. The van der Waals surface area contributed by atoms with Crippen LogP contribution in [0.15, 0.2) is 48.5 Å². The van der Waals surface area contributed by atoms with Gasteiger partial charge in [-0.1, -0.05) is 38.1 Å². The summed E-state index contributed by atoms with van der Waals surface area (Å²) < 4.78 is 13.3. The number of aryl methyl sites for hydroxylation is 1. The van der Waals surface area contributed by atoms with Crippen LogP contribution in [0.4, 0.5) is 4.39 Å². The molecule has 0 N–H and O–H groups in total. The SMILES string of the molecule is Cc1ccccc1[C@@H]1CN(CC(C)C)C[C@@H]1CN(C(=O)c1ccc(F)cc1)C(C)C. The third kappa shape index (κ3) is 5.28. The number of carbonyl (C=O) groups excluding carboxylic acids is 1. The van der Waals surface area contributed by atoms with Crippen LogP contribution in [0, 0.1) is 24.6 Å². The second-order valence-corrected chi connectivity index (χ2v) is 9.39. The Hall–Kier alpha value is -2.20. The summed E-state index contributed by atoms with van der Waals surface area (Å²) in [5.41, 5.74) is 3.26. The van der Waals surface area contributed by atoms with Crippen LogP contribution in [0.5, 0.6) is 0 Å². The Morgan fingerprint density at radius 3 is 2.33 bits per heavy atom. The number of hydrogen-bond acceptors (Lipinski definition) is 2. The number of carbonyl (C=O) groups is 1. The minimum Gasteiger partial charge on any atom is -0.336 e. The molecule has 3 rings (SSSR count). The van der Waals surface area contributed by atoms with Crippen molar-refractivity contribution in [3.05, 3.63) is 71.0 Å². The Balaban J connectivity index is 1.85. The predicted octanol–water partition coefficient (Wildman–Crippen LogP) is 5.36. The molecule has 0 aliphatic carbocycles. The van der Waals surface area contributed by atoms with E-state index in [1.165, 1.54) is 23.3 Å². The van der Waals surface area contributed by atoms with Crippen LogP contribution in [-0.2, 0) is 0 Å². The first-order valence-corrected chi connectivity index (χ1v) is 11.1. The Morgan fingerprint density at radius 2 is 1.73 bits per heavy atom. The van der Waals surface area contributed by atoms with Crippen LogP contribution in [0.1, 0.15) is 55.1 Å². The molecule has 30 heavy (non-hydrogen) atoms. The third-order valence-electron chi connectivity index (χ3n) is 6.13. The van der Waals surface area contributed by atoms with Gasteiger partial charge in [0.15, 0.2) is 0 Å². The van der Waals surface area contributed by atoms with Crippen molar-refractivity contribution in [2.75, 3.05) is 26.2 Å². The van der Waals surface area contributed by atoms with Crippen LogP contribution in [0.2, 0.25) is 0 Å². The summed E-state index contributed by atoms with van der Waals surface area (Å²) in [7, 11) is 0. The molecule has 0 saturated carbocycles. The van der Waals surface area contributed by atoms with E-state index < -0.39 is 0 Å². The van der Waals surface area contributed by atoms with E-state index in [2.05, 4.69) is 63.8 Å². The van der Waals surface area contributed by atoms with E-state index in [4.69, 9.17) is 0 Å². The second kappa shape index (κ2) is 9.74. The molecular weight excluding hydrogens is 375 g/mol. The fourth-order valence-electron chi connectivity index (χ4n) is 4.71. The highest BCUT2D eigenvalue weighted by Gasteiger charge is 2.37. The van der Waals surface area contributed by atoms with E-state index in [-0.39, 0.29) is 17.8 Å². The summed E-state index contributed by atoms with van der Waals surface area (Å²) in [4.78, 5) is 17.8. The minimum atomic E-state index is -0.317. The smallest absolute Gasteiger partial charge is 0.254 e. The number of rotatable bonds is 7. The molecule has 1 amide bonds. The molecule has 0 radical (unpaired) electrons. The summed E-state index contributed by atoms with van der Waals surface area (Å²) >= 11 is 0. The van der Waals surface area contributed by atoms with E-state index >= 15 is 0 Å². The normalized spacial score (nSPS) is 19.6. The second-order valence-electron chi connectivity index (χ2n) is 9.39. The van der Waals surface area contributed by atoms with Crippen molar-refractivity contribution in [2.45, 2.75) is 46.6 Å². The first-order chi connectivity index (χ1) is 14.3. The van der Waals surface area contributed by atoms with Crippen molar-refractivity contribution < 1.29 is 9.18 Å². The number of likely N-dealkylation sites (tertiary alicyclic amines) is 1. The van der Waals surface area contributed by atoms with Crippen LogP contribution in [0.3, 0.4) is 0 Å². The fraction of sp³-hybridized carbons (Fsp3) is 0.500. The van der Waals surface area contributed by atoms with Crippen LogP contribution < -0.4 is 0 Å². The molecule has 0 spiro atoms. The molecule has 162 valence electrons. The predicted molar refractivity (Wildman–Crippen MR) is 121 cm³/mol. The van der Waals surface area contributed by atoms with Crippen molar-refractivity contribution in [2.24, 2.45) is 11.8 Å². The zero-order chi connectivity index (χ0) is 21.8. The zero-order valence-corrected chi connectivity index (χ0v) is 18.9. The summed E-state index contributed by atoms with van der Waals surface area (Å²) in [5, 5.41) is 0. The number of halogens is 1. The third-order valence-corrected chi connectivity index (χ3v) is 6.13. The molecule has 4 heteroatoms. The lowest BCUT2D eigenvalue weighted by Crippen LogP contribution is -2.42. The number of benzene rings is 2. The molecule has 1 fully saturated rings. The molecule has 3 nitrogen and oxygen atoms in total. The molecule has 0 bridgehead atoms. The van der Waals surface area contributed by atoms with Gasteiger partial charge in [-0.3, -0.25) is 4.79 Å². The molecule has 1 saturated heterocycles. The zero-order valence-electron chi connectivity index (χ0n) is 18.9. The lowest BCUT2D eigenvalue weighted by molar-refractivity contribution is 0.0668. The van der Waals surface area contributed by atoms with Crippen molar-refractivity contribution >= 4 is 5.91 Å². The van der Waals surface area contributed by atoms with Gasteiger partial charge in [0.2, 0.25) is 0 Å². The summed E-state index contributed by atoms with van der Waals surface area (Å²) in [5.74, 6) is 1.06. The summed E-state index contributed by atoms with van der Waals surface area (Å²) in [6.07, 6.45) is 0. The van der Waals surface area contributed by atoms with Crippen molar-refractivity contribution in [3.8, 4) is 0 Å². The quantitative estimate of drug-likeness (QED) is 0.614. The number of amides is 1. The average Bonchev–Trinajstić information content (AvgIpc) is 3.07. The lowest BCUT2D eigenvalue weighted by atomic mass is 9.86. The van der Waals surface area contributed by atoms with Gasteiger partial charge in [-0.25, -0.2) is 4.39 Å². The standard InChI is InChI=1S/C26H35FN2O/c1-18(2)14-28-15-22(25(17-28)24-9-7-6-8-20(24)5)16-29(19(3)4)26(30)21-10-12-23(27)13-11-21/h6-13,18-19,22,25H,14-17H2,1-5H3/t22-,25-/m1/s1. The van der Waals surface area contributed by atoms with Crippen LogP contribution in [-0.4, -0.2) is 47.9 Å². The lowest BCUT2D eigenvalue weighted by Gasteiger charge is -2.32. The molecule has 1 aliphatic rings. The maximum Gasteiger partial charge on any atom is 0.254 e. The van der Waals surface area contributed by atoms with E-state index in [0.717, 1.165) is 19.6 Å². The van der Waals surface area contributed by atoms with E-state index in [1.807, 2.05) is 4.90 Å². The first kappa shape index (κ1) is 22.5. The monoisotopic (exact) mass is 410 g/mol. The molecule has 1 heterocycles. The first-order valence-electron chi connectivity index (χ1n) is 11.1. The van der Waals surface area contributed by atoms with Gasteiger partial charge >= 0.3 is 0 Å². The Kier molecular flexibility index (Phi) is 7.30. The van der Waals surface area contributed by atoms with Gasteiger partial charge < -0.3 is 9.80 Å². The molecule has 0 aromatic heterocycles. The highest BCUT2D eigenvalue weighted by Crippen LogP contribution is 2.35. The molecule has 2 aromatic carbocycles. The Bertz CT molecular complexity index is 846. The summed E-state index contributed by atoms with van der Waals surface area (Å²) in [6, 6.07) is 14.6. The summed E-state index contributed by atoms with van der Waals surface area (Å²) in [6.45, 7) is 14.6. The Morgan fingerprint density at radius 1 is 1.07 bits per heavy atom. The topological polar surface area (TPSA) is 23.6 Å². The number of nitrogens with zero attached hydrogens (tertiary/aromatic N) is 2. The molecular formula is C26H35FN2O. The molecule has 2 atom stereocenters. The van der Waals surface area contributed by atoms with Crippen molar-refractivity contribution in [3.63, 3.8) is 0 Å². The molecule has 2 aromatic rings. The Labute approximate surface area is 180 Å². The average molecular weight is 411 g/mol. The van der Waals surface area contributed by atoms with Gasteiger partial charge in [0, 0.05) is 43.7 Å². The largest absolute Gasteiger partial charge is 0.336 e. The van der Waals surface area contributed by atoms with Crippen LogP contribution in [0.25, 0.3) is 0 Å². The van der Waals surface area contributed by atoms with Gasteiger partial charge in [-0.2, -0.15) is 0 Å². The maximum absolute atomic E-state index is 13.3. The van der Waals surface area contributed by atoms with Crippen molar-refractivity contribution in [1.82, 2.24) is 9.80 Å². The van der Waals surface area contributed by atoms with E-state index in [0.29, 0.717) is 29.9 Å². The highest BCUT2D eigenvalue weighted by molar-refractivity contribution is 5.94. The highest BCUT2D eigenvalue weighted by atomic mass is 19.1. The van der Waals surface area contributed by atoms with Gasteiger partial charge in [0.25, 0.3) is 5.91 Å².